The van der Waals surface area contributed by atoms with Crippen LogP contribution < -0.4 is 0 Å². The normalized spacial score (nSPS) is 15.3. The van der Waals surface area contributed by atoms with Gasteiger partial charge in [0.1, 0.15) is 11.8 Å². The largest absolute Gasteiger partial charge is 0.445 e. The highest BCUT2D eigenvalue weighted by Crippen LogP contribution is 2.30. The first-order chi connectivity index (χ1) is 13.1. The Hall–Kier alpha value is -2.12. The molecule has 1 aromatic carbocycles. The molecule has 3 aromatic rings. The maximum absolute atomic E-state index is 12.3. The number of carbonyl (C=O) groups is 1. The first-order valence-corrected chi connectivity index (χ1v) is 9.94. The molecule has 1 aliphatic heterocycles. The molecule has 3 heterocycles. The molecule has 0 saturated carbocycles. The number of hydrogen-bond acceptors (Lipinski definition) is 4. The van der Waals surface area contributed by atoms with Gasteiger partial charge in [-0.05, 0) is 40.4 Å². The quantitative estimate of drug-likeness (QED) is 0.546. The number of hydrogen-bond donors (Lipinski definition) is 0. The molecule has 1 saturated heterocycles. The topological polar surface area (TPSA) is 59.7 Å². The molecular weight excluding hydrogens is 432 g/mol. The van der Waals surface area contributed by atoms with Crippen molar-refractivity contribution in [2.75, 3.05) is 13.1 Å². The van der Waals surface area contributed by atoms with E-state index in [4.69, 9.17) is 21.3 Å². The van der Waals surface area contributed by atoms with Crippen LogP contribution in [0.5, 0.6) is 0 Å². The summed E-state index contributed by atoms with van der Waals surface area (Å²) in [5.41, 5.74) is 2.63. The van der Waals surface area contributed by atoms with Crippen LogP contribution in [0.15, 0.2) is 47.1 Å². The van der Waals surface area contributed by atoms with Crippen molar-refractivity contribution in [3.05, 3.63) is 63.5 Å². The van der Waals surface area contributed by atoms with Crippen LogP contribution in [0.3, 0.4) is 0 Å². The molecule has 8 heteroatoms. The lowest BCUT2D eigenvalue weighted by Crippen LogP contribution is -2.38. The van der Waals surface area contributed by atoms with Crippen molar-refractivity contribution in [2.45, 2.75) is 25.4 Å². The zero-order valence-corrected chi connectivity index (χ0v) is 16.9. The molecular formula is C19H18BrClN4O2. The fourth-order valence-corrected chi connectivity index (χ4v) is 3.88. The van der Waals surface area contributed by atoms with E-state index >= 15 is 0 Å². The SMILES string of the molecule is O=C(OCc1ccccc1)N1CCC(c2cc(Cl)n3ncc(Br)c3n2)CC1. The number of likely N-dealkylation sites (tertiary alicyclic amines) is 1. The summed E-state index contributed by atoms with van der Waals surface area (Å²) in [5, 5.41) is 4.72. The lowest BCUT2D eigenvalue weighted by molar-refractivity contribution is 0.0868. The molecule has 140 valence electrons. The summed E-state index contributed by atoms with van der Waals surface area (Å²) in [6.45, 7) is 1.58. The van der Waals surface area contributed by atoms with Gasteiger partial charge in [-0.15, -0.1) is 0 Å². The maximum Gasteiger partial charge on any atom is 0.410 e. The van der Waals surface area contributed by atoms with E-state index in [0.29, 0.717) is 30.5 Å². The first kappa shape index (κ1) is 18.3. The monoisotopic (exact) mass is 448 g/mol. The Morgan fingerprint density at radius 1 is 1.26 bits per heavy atom. The molecule has 6 nitrogen and oxygen atoms in total. The van der Waals surface area contributed by atoms with E-state index < -0.39 is 0 Å². The third kappa shape index (κ3) is 3.94. The number of rotatable bonds is 3. The Labute approximate surface area is 170 Å². The minimum Gasteiger partial charge on any atom is -0.445 e. The molecule has 0 spiro atoms. The predicted molar refractivity (Wildman–Crippen MR) is 106 cm³/mol. The zero-order valence-electron chi connectivity index (χ0n) is 14.5. The fraction of sp³-hybridized carbons (Fsp3) is 0.316. The van der Waals surface area contributed by atoms with Gasteiger partial charge in [-0.2, -0.15) is 5.10 Å². The van der Waals surface area contributed by atoms with Gasteiger partial charge in [-0.3, -0.25) is 0 Å². The molecule has 2 aromatic heterocycles. The van der Waals surface area contributed by atoms with Crippen molar-refractivity contribution in [3.63, 3.8) is 0 Å². The van der Waals surface area contributed by atoms with Gasteiger partial charge in [0.25, 0.3) is 0 Å². The number of nitrogens with zero attached hydrogens (tertiary/aromatic N) is 4. The van der Waals surface area contributed by atoms with E-state index in [1.165, 1.54) is 0 Å². The van der Waals surface area contributed by atoms with E-state index in [1.54, 1.807) is 15.6 Å². The molecule has 1 fully saturated rings. The van der Waals surface area contributed by atoms with Gasteiger partial charge < -0.3 is 9.64 Å². The molecule has 0 atom stereocenters. The number of halogens is 2. The highest BCUT2D eigenvalue weighted by atomic mass is 79.9. The summed E-state index contributed by atoms with van der Waals surface area (Å²) in [6.07, 6.45) is 3.07. The van der Waals surface area contributed by atoms with Gasteiger partial charge in [-0.25, -0.2) is 14.3 Å². The lowest BCUT2D eigenvalue weighted by Gasteiger charge is -2.31. The average molecular weight is 450 g/mol. The second-order valence-electron chi connectivity index (χ2n) is 6.53. The van der Waals surface area contributed by atoms with Crippen LogP contribution in [0, 0.1) is 0 Å². The number of fused-ring (bicyclic) bond motifs is 1. The minimum atomic E-state index is -0.266. The molecule has 0 N–H and O–H groups in total. The third-order valence-corrected chi connectivity index (χ3v) is 5.61. The van der Waals surface area contributed by atoms with E-state index in [2.05, 4.69) is 21.0 Å². The Morgan fingerprint density at radius 2 is 2.00 bits per heavy atom. The van der Waals surface area contributed by atoms with Crippen LogP contribution in [0.4, 0.5) is 4.79 Å². The number of piperidine rings is 1. The smallest absolute Gasteiger partial charge is 0.410 e. The second-order valence-corrected chi connectivity index (χ2v) is 7.77. The zero-order chi connectivity index (χ0) is 18.8. The Balaban J connectivity index is 1.37. The van der Waals surface area contributed by atoms with Crippen LogP contribution >= 0.6 is 27.5 Å². The summed E-state index contributed by atoms with van der Waals surface area (Å²) >= 11 is 9.78. The van der Waals surface area contributed by atoms with Crippen molar-refractivity contribution < 1.29 is 9.53 Å². The highest BCUT2D eigenvalue weighted by Gasteiger charge is 2.26. The lowest BCUT2D eigenvalue weighted by atomic mass is 9.93. The van der Waals surface area contributed by atoms with Crippen LogP contribution in [0.2, 0.25) is 5.15 Å². The van der Waals surface area contributed by atoms with Gasteiger partial charge in [0, 0.05) is 24.7 Å². The number of ether oxygens (including phenoxy) is 1. The Morgan fingerprint density at radius 3 is 2.74 bits per heavy atom. The van der Waals surface area contributed by atoms with Gasteiger partial charge >= 0.3 is 6.09 Å². The van der Waals surface area contributed by atoms with Gasteiger partial charge in [0.15, 0.2) is 5.65 Å². The van der Waals surface area contributed by atoms with Gasteiger partial charge in [0.05, 0.1) is 10.7 Å². The molecule has 1 amide bonds. The molecule has 27 heavy (non-hydrogen) atoms. The molecule has 0 radical (unpaired) electrons. The van der Waals surface area contributed by atoms with Crippen molar-refractivity contribution in [2.24, 2.45) is 0 Å². The number of aromatic nitrogens is 3. The van der Waals surface area contributed by atoms with E-state index in [9.17, 15) is 4.79 Å². The fourth-order valence-electron chi connectivity index (χ4n) is 3.29. The van der Waals surface area contributed by atoms with Crippen molar-refractivity contribution in [1.82, 2.24) is 19.5 Å². The van der Waals surface area contributed by atoms with E-state index in [-0.39, 0.29) is 12.0 Å². The molecule has 0 aliphatic carbocycles. The predicted octanol–water partition coefficient (Wildman–Crippen LogP) is 4.66. The van der Waals surface area contributed by atoms with Gasteiger partial charge in [-0.1, -0.05) is 41.9 Å². The number of benzene rings is 1. The van der Waals surface area contributed by atoms with Crippen LogP contribution in [-0.2, 0) is 11.3 Å². The highest BCUT2D eigenvalue weighted by molar-refractivity contribution is 9.10. The van der Waals surface area contributed by atoms with Crippen LogP contribution in [0.25, 0.3) is 5.65 Å². The summed E-state index contributed by atoms with van der Waals surface area (Å²) in [4.78, 5) is 18.8. The van der Waals surface area contributed by atoms with Crippen LogP contribution in [-0.4, -0.2) is 38.7 Å². The summed E-state index contributed by atoms with van der Waals surface area (Å²) in [5.74, 6) is 0.257. The van der Waals surface area contributed by atoms with E-state index in [0.717, 1.165) is 28.6 Å². The van der Waals surface area contributed by atoms with Crippen molar-refractivity contribution in [1.29, 1.82) is 0 Å². The molecule has 0 bridgehead atoms. The van der Waals surface area contributed by atoms with E-state index in [1.807, 2.05) is 36.4 Å². The second kappa shape index (κ2) is 7.86. The summed E-state index contributed by atoms with van der Waals surface area (Å²) in [6, 6.07) is 11.6. The molecule has 0 unspecified atom stereocenters. The first-order valence-electron chi connectivity index (χ1n) is 8.77. The molecule has 1 aliphatic rings. The Kier molecular flexibility index (Phi) is 5.31. The van der Waals surface area contributed by atoms with Crippen molar-refractivity contribution in [3.8, 4) is 0 Å². The minimum absolute atomic E-state index is 0.257. The summed E-state index contributed by atoms with van der Waals surface area (Å²) < 4.78 is 7.84. The standard InChI is InChI=1S/C19H18BrClN4O2/c20-15-11-22-25-17(21)10-16(23-18(15)25)14-6-8-24(9-7-14)19(26)27-12-13-4-2-1-3-5-13/h1-5,10-11,14H,6-9,12H2. The van der Waals surface area contributed by atoms with Crippen LogP contribution in [0.1, 0.15) is 30.0 Å². The average Bonchev–Trinajstić information content (AvgIpc) is 3.08. The number of carbonyl (C=O) groups excluding carboxylic acids is 1. The molecule has 4 rings (SSSR count). The Bertz CT molecular complexity index is 955. The van der Waals surface area contributed by atoms with Gasteiger partial charge in [0.2, 0.25) is 0 Å². The maximum atomic E-state index is 12.3. The number of amides is 1. The van der Waals surface area contributed by atoms with Crippen molar-refractivity contribution >= 4 is 39.3 Å². The third-order valence-electron chi connectivity index (χ3n) is 4.78. The summed E-state index contributed by atoms with van der Waals surface area (Å²) in [7, 11) is 0.